The summed E-state index contributed by atoms with van der Waals surface area (Å²) in [6.07, 6.45) is 3.45. The third-order valence-electron chi connectivity index (χ3n) is 3.80. The van der Waals surface area contributed by atoms with Crippen molar-refractivity contribution in [3.8, 4) is 5.75 Å². The number of carbonyl (C=O) groups is 1. The second-order valence-corrected chi connectivity index (χ2v) is 5.33. The van der Waals surface area contributed by atoms with Gasteiger partial charge in [0.25, 0.3) is 5.91 Å². The van der Waals surface area contributed by atoms with Gasteiger partial charge in [0.05, 0.1) is 13.2 Å². The minimum absolute atomic E-state index is 0.136. The molecule has 0 aliphatic rings. The molecular formula is C20H18N2O2. The first-order chi connectivity index (χ1) is 11.8. The molecule has 0 aliphatic carbocycles. The lowest BCUT2D eigenvalue weighted by molar-refractivity contribution is 0.0943. The van der Waals surface area contributed by atoms with Gasteiger partial charge in [-0.1, -0.05) is 30.3 Å². The largest absolute Gasteiger partial charge is 0.497 e. The van der Waals surface area contributed by atoms with Crippen LogP contribution in [0.25, 0.3) is 0 Å². The zero-order valence-corrected chi connectivity index (χ0v) is 13.3. The third kappa shape index (κ3) is 3.60. The van der Waals surface area contributed by atoms with Gasteiger partial charge in [-0.25, -0.2) is 0 Å². The number of aromatic nitrogens is 1. The van der Waals surface area contributed by atoms with Crippen LogP contribution in [0.15, 0.2) is 79.1 Å². The van der Waals surface area contributed by atoms with Crippen LogP contribution >= 0.6 is 0 Å². The fraction of sp³-hybridized carbons (Fsp3) is 0.100. The van der Waals surface area contributed by atoms with Crippen molar-refractivity contribution in [3.63, 3.8) is 0 Å². The molecule has 4 nitrogen and oxygen atoms in total. The molecule has 24 heavy (non-hydrogen) atoms. The van der Waals surface area contributed by atoms with Crippen LogP contribution in [0.3, 0.4) is 0 Å². The molecule has 4 heteroatoms. The first kappa shape index (κ1) is 15.7. The summed E-state index contributed by atoms with van der Waals surface area (Å²) in [5.41, 5.74) is 2.59. The first-order valence-corrected chi connectivity index (χ1v) is 7.67. The van der Waals surface area contributed by atoms with E-state index in [1.54, 1.807) is 43.8 Å². The van der Waals surface area contributed by atoms with Crippen molar-refractivity contribution in [3.05, 3.63) is 95.8 Å². The Balaban J connectivity index is 1.87. The van der Waals surface area contributed by atoms with Gasteiger partial charge in [-0.3, -0.25) is 9.78 Å². The van der Waals surface area contributed by atoms with Crippen LogP contribution in [0.2, 0.25) is 0 Å². The highest BCUT2D eigenvalue weighted by atomic mass is 16.5. The Morgan fingerprint density at radius 3 is 2.17 bits per heavy atom. The lowest BCUT2D eigenvalue weighted by Crippen LogP contribution is -2.29. The van der Waals surface area contributed by atoms with Crippen molar-refractivity contribution in [2.45, 2.75) is 6.04 Å². The van der Waals surface area contributed by atoms with Gasteiger partial charge < -0.3 is 10.1 Å². The summed E-state index contributed by atoms with van der Waals surface area (Å²) in [5, 5.41) is 3.10. The van der Waals surface area contributed by atoms with Crippen LogP contribution in [0, 0.1) is 0 Å². The Morgan fingerprint density at radius 1 is 0.917 bits per heavy atom. The van der Waals surface area contributed by atoms with Crippen molar-refractivity contribution in [1.29, 1.82) is 0 Å². The van der Waals surface area contributed by atoms with Gasteiger partial charge in [0.1, 0.15) is 5.75 Å². The Morgan fingerprint density at radius 2 is 1.54 bits per heavy atom. The zero-order valence-electron chi connectivity index (χ0n) is 13.3. The molecule has 1 heterocycles. The van der Waals surface area contributed by atoms with E-state index >= 15 is 0 Å². The molecule has 0 fully saturated rings. The highest BCUT2D eigenvalue weighted by Crippen LogP contribution is 2.22. The Labute approximate surface area is 141 Å². The summed E-state index contributed by atoms with van der Waals surface area (Å²) >= 11 is 0. The number of methoxy groups -OCH3 is 1. The summed E-state index contributed by atoms with van der Waals surface area (Å²) in [5.74, 6) is 0.587. The van der Waals surface area contributed by atoms with E-state index in [0.717, 1.165) is 16.9 Å². The molecule has 0 aliphatic heterocycles. The Kier molecular flexibility index (Phi) is 4.87. The van der Waals surface area contributed by atoms with Gasteiger partial charge in [0, 0.05) is 18.0 Å². The van der Waals surface area contributed by atoms with Crippen LogP contribution in [0.4, 0.5) is 0 Å². The average molecular weight is 318 g/mol. The molecule has 3 aromatic rings. The Bertz CT molecular complexity index is 747. The summed E-state index contributed by atoms with van der Waals surface area (Å²) < 4.78 is 5.13. The lowest BCUT2D eigenvalue weighted by Gasteiger charge is -2.20. The number of ether oxygens (including phenoxy) is 1. The van der Waals surface area contributed by atoms with Gasteiger partial charge in [-0.05, 0) is 47.5 Å². The quantitative estimate of drug-likeness (QED) is 0.782. The number of nitrogens with zero attached hydrogens (tertiary/aromatic N) is 1. The molecule has 3 rings (SSSR count). The minimum atomic E-state index is -0.233. The molecule has 2 aromatic carbocycles. The number of carbonyl (C=O) groups excluding carboxylic acids is 1. The van der Waals surface area contributed by atoms with Crippen LogP contribution in [-0.2, 0) is 0 Å². The molecule has 0 saturated carbocycles. The molecule has 120 valence electrons. The summed E-state index contributed by atoms with van der Waals surface area (Å²) in [6.45, 7) is 0. The number of pyridine rings is 1. The standard InChI is InChI=1S/C20H18N2O2/c1-24-18-9-7-17(8-10-18)20(23)22-19(15-5-3-2-4-6-15)16-11-13-21-14-12-16/h2-14,19H,1H3,(H,22,23). The smallest absolute Gasteiger partial charge is 0.252 e. The molecule has 1 aromatic heterocycles. The normalized spacial score (nSPS) is 11.5. The molecule has 0 spiro atoms. The van der Waals surface area contributed by atoms with Gasteiger partial charge in [-0.15, -0.1) is 0 Å². The second-order valence-electron chi connectivity index (χ2n) is 5.33. The summed E-state index contributed by atoms with van der Waals surface area (Å²) in [4.78, 5) is 16.7. The van der Waals surface area contributed by atoms with E-state index in [0.29, 0.717) is 5.56 Å². The third-order valence-corrected chi connectivity index (χ3v) is 3.80. The van der Waals surface area contributed by atoms with Gasteiger partial charge in [0.2, 0.25) is 0 Å². The molecule has 0 saturated heterocycles. The predicted molar refractivity (Wildman–Crippen MR) is 93.0 cm³/mol. The van der Waals surface area contributed by atoms with E-state index in [-0.39, 0.29) is 11.9 Å². The van der Waals surface area contributed by atoms with E-state index in [1.165, 1.54) is 0 Å². The average Bonchev–Trinajstić information content (AvgIpc) is 2.67. The molecule has 1 amide bonds. The monoisotopic (exact) mass is 318 g/mol. The highest BCUT2D eigenvalue weighted by Gasteiger charge is 2.17. The number of amides is 1. The maximum absolute atomic E-state index is 12.6. The van der Waals surface area contributed by atoms with Crippen LogP contribution in [-0.4, -0.2) is 18.0 Å². The molecule has 1 N–H and O–H groups in total. The number of rotatable bonds is 5. The van der Waals surface area contributed by atoms with Crippen molar-refractivity contribution in [2.24, 2.45) is 0 Å². The topological polar surface area (TPSA) is 51.2 Å². The Hall–Kier alpha value is -3.14. The van der Waals surface area contributed by atoms with E-state index in [4.69, 9.17) is 4.74 Å². The predicted octanol–water partition coefficient (Wildman–Crippen LogP) is 3.61. The molecule has 1 atom stereocenters. The van der Waals surface area contributed by atoms with Gasteiger partial charge in [-0.2, -0.15) is 0 Å². The fourth-order valence-electron chi connectivity index (χ4n) is 2.52. The highest BCUT2D eigenvalue weighted by molar-refractivity contribution is 5.94. The van der Waals surface area contributed by atoms with Gasteiger partial charge >= 0.3 is 0 Å². The van der Waals surface area contributed by atoms with Crippen molar-refractivity contribution < 1.29 is 9.53 Å². The molecule has 1 unspecified atom stereocenters. The number of nitrogens with one attached hydrogen (secondary N) is 1. The maximum Gasteiger partial charge on any atom is 0.252 e. The van der Waals surface area contributed by atoms with Crippen molar-refractivity contribution >= 4 is 5.91 Å². The van der Waals surface area contributed by atoms with E-state index < -0.39 is 0 Å². The molecule has 0 radical (unpaired) electrons. The van der Waals surface area contributed by atoms with E-state index in [9.17, 15) is 4.79 Å². The van der Waals surface area contributed by atoms with E-state index in [1.807, 2.05) is 42.5 Å². The second kappa shape index (κ2) is 7.42. The first-order valence-electron chi connectivity index (χ1n) is 7.67. The minimum Gasteiger partial charge on any atom is -0.497 e. The maximum atomic E-state index is 12.6. The lowest BCUT2D eigenvalue weighted by atomic mass is 9.99. The van der Waals surface area contributed by atoms with Crippen LogP contribution < -0.4 is 10.1 Å². The number of hydrogen-bond donors (Lipinski definition) is 1. The SMILES string of the molecule is COc1ccc(C(=O)NC(c2ccccc2)c2ccncc2)cc1. The molecule has 0 bridgehead atoms. The number of benzene rings is 2. The summed E-state index contributed by atoms with van der Waals surface area (Å²) in [6, 6.07) is 20.5. The van der Waals surface area contributed by atoms with E-state index in [2.05, 4.69) is 10.3 Å². The fourth-order valence-corrected chi connectivity index (χ4v) is 2.52. The number of hydrogen-bond acceptors (Lipinski definition) is 3. The molecular weight excluding hydrogens is 300 g/mol. The summed E-state index contributed by atoms with van der Waals surface area (Å²) in [7, 11) is 1.60. The van der Waals surface area contributed by atoms with Crippen molar-refractivity contribution in [2.75, 3.05) is 7.11 Å². The van der Waals surface area contributed by atoms with Gasteiger partial charge in [0.15, 0.2) is 0 Å². The zero-order chi connectivity index (χ0) is 16.8. The van der Waals surface area contributed by atoms with Crippen molar-refractivity contribution in [1.82, 2.24) is 10.3 Å². The van der Waals surface area contributed by atoms with Crippen LogP contribution in [0.5, 0.6) is 5.75 Å². The van der Waals surface area contributed by atoms with Crippen LogP contribution in [0.1, 0.15) is 27.5 Å².